The highest BCUT2D eigenvalue weighted by Crippen LogP contribution is 2.23. The zero-order chi connectivity index (χ0) is 18.6. The van der Waals surface area contributed by atoms with Crippen molar-refractivity contribution in [2.75, 3.05) is 31.1 Å². The molecule has 2 aromatic carbocycles. The lowest BCUT2D eigenvalue weighted by atomic mass is 10.1. The van der Waals surface area contributed by atoms with Crippen molar-refractivity contribution in [1.82, 2.24) is 10.1 Å². The van der Waals surface area contributed by atoms with Crippen molar-refractivity contribution in [3.8, 4) is 11.3 Å². The number of nitrogens with zero attached hydrogens (tertiary/aromatic N) is 4. The van der Waals surface area contributed by atoms with E-state index in [1.54, 1.807) is 12.1 Å². The minimum atomic E-state index is -0.372. The fourth-order valence-electron chi connectivity index (χ4n) is 3.30. The Morgan fingerprint density at radius 3 is 2.37 bits per heavy atom. The van der Waals surface area contributed by atoms with Gasteiger partial charge in [-0.05, 0) is 12.1 Å². The number of hydrogen-bond acceptors (Lipinski definition) is 6. The maximum absolute atomic E-state index is 10.8. The van der Waals surface area contributed by atoms with Gasteiger partial charge >= 0.3 is 0 Å². The molecule has 1 aliphatic heterocycles. The smallest absolute Gasteiger partial charge is 0.269 e. The van der Waals surface area contributed by atoms with Crippen LogP contribution in [0.25, 0.3) is 11.3 Å². The van der Waals surface area contributed by atoms with Crippen molar-refractivity contribution < 1.29 is 9.45 Å². The number of benzene rings is 2. The lowest BCUT2D eigenvalue weighted by Gasteiger charge is -2.35. The van der Waals surface area contributed by atoms with Gasteiger partial charge < -0.3 is 9.42 Å². The molecule has 27 heavy (non-hydrogen) atoms. The quantitative estimate of drug-likeness (QED) is 0.509. The third kappa shape index (κ3) is 3.98. The molecule has 7 nitrogen and oxygen atoms in total. The van der Waals surface area contributed by atoms with Crippen molar-refractivity contribution in [3.05, 3.63) is 76.5 Å². The average Bonchev–Trinajstić information content (AvgIpc) is 3.18. The summed E-state index contributed by atoms with van der Waals surface area (Å²) in [5, 5.41) is 15.0. The first-order valence-corrected chi connectivity index (χ1v) is 8.92. The third-order valence-electron chi connectivity index (χ3n) is 4.80. The zero-order valence-corrected chi connectivity index (χ0v) is 14.8. The first-order valence-electron chi connectivity index (χ1n) is 8.92. The second-order valence-electron chi connectivity index (χ2n) is 6.59. The van der Waals surface area contributed by atoms with E-state index >= 15 is 0 Å². The number of rotatable bonds is 5. The summed E-state index contributed by atoms with van der Waals surface area (Å²) in [6.45, 7) is 4.32. The number of nitro benzene ring substituents is 1. The molecule has 1 fully saturated rings. The molecule has 138 valence electrons. The average molecular weight is 364 g/mol. The van der Waals surface area contributed by atoms with Gasteiger partial charge in [0.1, 0.15) is 0 Å². The summed E-state index contributed by atoms with van der Waals surface area (Å²) in [5.41, 5.74) is 3.10. The first-order chi connectivity index (χ1) is 13.2. The van der Waals surface area contributed by atoms with Crippen LogP contribution in [-0.4, -0.2) is 41.2 Å². The van der Waals surface area contributed by atoms with Crippen molar-refractivity contribution >= 4 is 11.4 Å². The van der Waals surface area contributed by atoms with Crippen molar-refractivity contribution in [2.45, 2.75) is 6.54 Å². The van der Waals surface area contributed by atoms with E-state index in [2.05, 4.69) is 15.0 Å². The molecule has 0 spiro atoms. The Morgan fingerprint density at radius 2 is 1.70 bits per heavy atom. The highest BCUT2D eigenvalue weighted by molar-refractivity contribution is 5.57. The van der Waals surface area contributed by atoms with Gasteiger partial charge in [-0.3, -0.25) is 15.0 Å². The first kappa shape index (κ1) is 17.2. The van der Waals surface area contributed by atoms with Gasteiger partial charge in [-0.25, -0.2) is 0 Å². The van der Waals surface area contributed by atoms with Gasteiger partial charge in [0.2, 0.25) is 0 Å². The second kappa shape index (κ2) is 7.59. The minimum absolute atomic E-state index is 0.123. The number of nitro groups is 1. The summed E-state index contributed by atoms with van der Waals surface area (Å²) in [5.74, 6) is 0.787. The molecule has 4 rings (SSSR count). The Bertz CT molecular complexity index is 900. The molecule has 0 aliphatic carbocycles. The van der Waals surface area contributed by atoms with Crippen molar-refractivity contribution in [2.24, 2.45) is 0 Å². The van der Waals surface area contributed by atoms with E-state index in [1.165, 1.54) is 0 Å². The van der Waals surface area contributed by atoms with Gasteiger partial charge in [0.05, 0.1) is 10.6 Å². The van der Waals surface area contributed by atoms with Crippen molar-refractivity contribution in [1.29, 1.82) is 0 Å². The molecular formula is C20H20N4O3. The maximum Gasteiger partial charge on any atom is 0.269 e. The molecule has 1 aromatic heterocycles. The van der Waals surface area contributed by atoms with Crippen LogP contribution in [0.15, 0.2) is 65.2 Å². The van der Waals surface area contributed by atoms with Gasteiger partial charge in [0, 0.05) is 62.2 Å². The summed E-state index contributed by atoms with van der Waals surface area (Å²) in [7, 11) is 0. The van der Waals surface area contributed by atoms with Crippen LogP contribution in [0.5, 0.6) is 0 Å². The molecule has 0 atom stereocenters. The van der Waals surface area contributed by atoms with Gasteiger partial charge in [-0.2, -0.15) is 0 Å². The largest absolute Gasteiger partial charge is 0.369 e. The van der Waals surface area contributed by atoms with Gasteiger partial charge in [-0.15, -0.1) is 0 Å². The SMILES string of the molecule is O=[N+]([O-])c1ccc(N2CCN(Cc3cc(-c4ccccc4)on3)CC2)cc1. The van der Waals surface area contributed by atoms with Crippen LogP contribution >= 0.6 is 0 Å². The van der Waals surface area contributed by atoms with Crippen molar-refractivity contribution in [3.63, 3.8) is 0 Å². The summed E-state index contributed by atoms with van der Waals surface area (Å²) in [6.07, 6.45) is 0. The van der Waals surface area contributed by atoms with Crippen LogP contribution in [0.2, 0.25) is 0 Å². The van der Waals surface area contributed by atoms with Crippen LogP contribution in [0, 0.1) is 10.1 Å². The monoisotopic (exact) mass is 364 g/mol. The molecule has 0 unspecified atom stereocenters. The lowest BCUT2D eigenvalue weighted by molar-refractivity contribution is -0.384. The Hall–Kier alpha value is -3.19. The van der Waals surface area contributed by atoms with E-state index in [4.69, 9.17) is 4.52 Å². The van der Waals surface area contributed by atoms with Crippen LogP contribution in [-0.2, 0) is 6.54 Å². The number of anilines is 1. The number of non-ortho nitro benzene ring substituents is 1. The molecule has 2 heterocycles. The fraction of sp³-hybridized carbons (Fsp3) is 0.250. The lowest BCUT2D eigenvalue weighted by Crippen LogP contribution is -2.46. The van der Waals surface area contributed by atoms with Crippen LogP contribution in [0.4, 0.5) is 11.4 Å². The van der Waals surface area contributed by atoms with Gasteiger partial charge in [0.15, 0.2) is 5.76 Å². The Labute approximate surface area is 157 Å². The van der Waals surface area contributed by atoms with E-state index in [0.29, 0.717) is 0 Å². The van der Waals surface area contributed by atoms with E-state index in [9.17, 15) is 10.1 Å². The summed E-state index contributed by atoms with van der Waals surface area (Å²) >= 11 is 0. The van der Waals surface area contributed by atoms with E-state index in [1.807, 2.05) is 48.5 Å². The molecule has 1 aliphatic rings. The Kier molecular flexibility index (Phi) is 4.84. The zero-order valence-electron chi connectivity index (χ0n) is 14.8. The topological polar surface area (TPSA) is 75.7 Å². The van der Waals surface area contributed by atoms with Crippen LogP contribution in [0.1, 0.15) is 5.69 Å². The van der Waals surface area contributed by atoms with Crippen LogP contribution < -0.4 is 4.90 Å². The molecule has 0 saturated carbocycles. The highest BCUT2D eigenvalue weighted by atomic mass is 16.6. The predicted molar refractivity (Wildman–Crippen MR) is 103 cm³/mol. The summed E-state index contributed by atoms with van der Waals surface area (Å²) in [6, 6.07) is 18.7. The molecule has 3 aromatic rings. The second-order valence-corrected chi connectivity index (χ2v) is 6.59. The highest BCUT2D eigenvalue weighted by Gasteiger charge is 2.19. The minimum Gasteiger partial charge on any atom is -0.369 e. The predicted octanol–water partition coefficient (Wildman–Crippen LogP) is 3.57. The third-order valence-corrected chi connectivity index (χ3v) is 4.80. The fourth-order valence-corrected chi connectivity index (χ4v) is 3.30. The molecule has 0 radical (unpaired) electrons. The molecule has 0 N–H and O–H groups in total. The number of aromatic nitrogens is 1. The molecule has 1 saturated heterocycles. The van der Waals surface area contributed by atoms with Crippen LogP contribution in [0.3, 0.4) is 0 Å². The van der Waals surface area contributed by atoms with Gasteiger partial charge in [-0.1, -0.05) is 35.5 Å². The molecular weight excluding hydrogens is 344 g/mol. The van der Waals surface area contributed by atoms with E-state index < -0.39 is 0 Å². The summed E-state index contributed by atoms with van der Waals surface area (Å²) < 4.78 is 5.47. The van der Waals surface area contributed by atoms with E-state index in [0.717, 1.165) is 55.4 Å². The van der Waals surface area contributed by atoms with E-state index in [-0.39, 0.29) is 10.6 Å². The Balaban J connectivity index is 1.33. The molecule has 0 amide bonds. The standard InChI is InChI=1S/C20H20N4O3/c25-24(26)19-8-6-18(7-9-19)23-12-10-22(11-13-23)15-17-14-20(27-21-17)16-4-2-1-3-5-16/h1-9,14H,10-13,15H2. The number of hydrogen-bond donors (Lipinski definition) is 0. The number of piperazine rings is 1. The van der Waals surface area contributed by atoms with Gasteiger partial charge in [0.25, 0.3) is 5.69 Å². The normalized spacial score (nSPS) is 15.0. The summed E-state index contributed by atoms with van der Waals surface area (Å²) in [4.78, 5) is 15.0. The molecule has 0 bridgehead atoms. The molecule has 7 heteroatoms. The Morgan fingerprint density at radius 1 is 1.00 bits per heavy atom. The maximum atomic E-state index is 10.8.